The van der Waals surface area contributed by atoms with Gasteiger partial charge in [0.2, 0.25) is 0 Å². The summed E-state index contributed by atoms with van der Waals surface area (Å²) in [5, 5.41) is 5.67. The Balaban J connectivity index is 1.97. The van der Waals surface area contributed by atoms with Gasteiger partial charge in [-0.15, -0.1) is 0 Å². The standard InChI is InChI=1S/C15H21FN2O/c1-17-14-12(8-5-9-13(14)16)15(19)18-10-11-6-3-2-4-7-11/h5,8-9,11,17H,2-4,6-7,10H2,1H3,(H,18,19). The summed E-state index contributed by atoms with van der Waals surface area (Å²) in [6.45, 7) is 0.693. The molecule has 1 saturated carbocycles. The zero-order valence-electron chi connectivity index (χ0n) is 11.3. The van der Waals surface area contributed by atoms with Gasteiger partial charge in [-0.1, -0.05) is 25.3 Å². The minimum Gasteiger partial charge on any atom is -0.385 e. The van der Waals surface area contributed by atoms with E-state index in [4.69, 9.17) is 0 Å². The highest BCUT2D eigenvalue weighted by atomic mass is 19.1. The zero-order chi connectivity index (χ0) is 13.7. The third-order valence-corrected chi connectivity index (χ3v) is 3.78. The first kappa shape index (κ1) is 13.8. The second-order valence-corrected chi connectivity index (χ2v) is 5.13. The lowest BCUT2D eigenvalue weighted by Gasteiger charge is -2.22. The molecule has 0 heterocycles. The van der Waals surface area contributed by atoms with Gasteiger partial charge in [0.05, 0.1) is 11.3 Å². The van der Waals surface area contributed by atoms with E-state index in [0.717, 1.165) is 0 Å². The van der Waals surface area contributed by atoms with Gasteiger partial charge < -0.3 is 10.6 Å². The third-order valence-electron chi connectivity index (χ3n) is 3.78. The number of nitrogens with one attached hydrogen (secondary N) is 2. The number of carbonyl (C=O) groups is 1. The quantitative estimate of drug-likeness (QED) is 0.877. The first-order chi connectivity index (χ1) is 9.22. The Morgan fingerprint density at radius 3 is 2.74 bits per heavy atom. The number of anilines is 1. The molecule has 0 spiro atoms. The van der Waals surface area contributed by atoms with Gasteiger partial charge in [0.15, 0.2) is 0 Å². The van der Waals surface area contributed by atoms with E-state index in [2.05, 4.69) is 10.6 Å². The van der Waals surface area contributed by atoms with Crippen molar-refractivity contribution in [2.75, 3.05) is 18.9 Å². The van der Waals surface area contributed by atoms with E-state index >= 15 is 0 Å². The van der Waals surface area contributed by atoms with Crippen molar-refractivity contribution in [1.29, 1.82) is 0 Å². The van der Waals surface area contributed by atoms with Gasteiger partial charge in [-0.2, -0.15) is 0 Å². The molecule has 19 heavy (non-hydrogen) atoms. The predicted molar refractivity (Wildman–Crippen MR) is 74.9 cm³/mol. The average molecular weight is 264 g/mol. The molecule has 1 aromatic rings. The number of amides is 1. The molecule has 0 atom stereocenters. The van der Waals surface area contributed by atoms with Crippen molar-refractivity contribution in [3.8, 4) is 0 Å². The molecule has 1 aliphatic rings. The molecule has 0 aromatic heterocycles. The molecule has 0 radical (unpaired) electrons. The van der Waals surface area contributed by atoms with Crippen LogP contribution in [0.5, 0.6) is 0 Å². The summed E-state index contributed by atoms with van der Waals surface area (Å²) >= 11 is 0. The fourth-order valence-electron chi connectivity index (χ4n) is 2.69. The lowest BCUT2D eigenvalue weighted by Crippen LogP contribution is -2.30. The van der Waals surface area contributed by atoms with Gasteiger partial charge in [-0.05, 0) is 30.9 Å². The molecule has 1 amide bonds. The van der Waals surface area contributed by atoms with E-state index in [1.54, 1.807) is 19.2 Å². The molecule has 1 fully saturated rings. The largest absolute Gasteiger partial charge is 0.385 e. The molecule has 1 aromatic carbocycles. The van der Waals surface area contributed by atoms with Crippen LogP contribution in [0.3, 0.4) is 0 Å². The summed E-state index contributed by atoms with van der Waals surface area (Å²) in [6, 6.07) is 4.56. The maximum absolute atomic E-state index is 13.6. The van der Waals surface area contributed by atoms with Crippen LogP contribution in [0.4, 0.5) is 10.1 Å². The second-order valence-electron chi connectivity index (χ2n) is 5.13. The molecule has 0 saturated heterocycles. The van der Waals surface area contributed by atoms with Crippen LogP contribution < -0.4 is 10.6 Å². The average Bonchev–Trinajstić information content (AvgIpc) is 2.45. The SMILES string of the molecule is CNc1c(F)cccc1C(=O)NCC1CCCCC1. The maximum atomic E-state index is 13.6. The maximum Gasteiger partial charge on any atom is 0.253 e. The van der Waals surface area contributed by atoms with Crippen LogP contribution in [0.2, 0.25) is 0 Å². The molecular formula is C15H21FN2O. The van der Waals surface area contributed by atoms with Crippen LogP contribution >= 0.6 is 0 Å². The van der Waals surface area contributed by atoms with E-state index in [9.17, 15) is 9.18 Å². The number of rotatable bonds is 4. The van der Waals surface area contributed by atoms with Crippen LogP contribution in [0.1, 0.15) is 42.5 Å². The molecule has 4 heteroatoms. The van der Waals surface area contributed by atoms with E-state index in [1.165, 1.54) is 38.2 Å². The smallest absolute Gasteiger partial charge is 0.253 e. The van der Waals surface area contributed by atoms with Gasteiger partial charge in [0, 0.05) is 13.6 Å². The molecule has 0 unspecified atom stereocenters. The molecule has 2 rings (SSSR count). The Labute approximate surface area is 113 Å². The molecular weight excluding hydrogens is 243 g/mol. The van der Waals surface area contributed by atoms with Crippen LogP contribution in [-0.4, -0.2) is 19.5 Å². The van der Waals surface area contributed by atoms with Gasteiger partial charge in [0.1, 0.15) is 5.82 Å². The van der Waals surface area contributed by atoms with Crippen LogP contribution in [0, 0.1) is 11.7 Å². The van der Waals surface area contributed by atoms with Gasteiger partial charge in [0.25, 0.3) is 5.91 Å². The number of hydrogen-bond acceptors (Lipinski definition) is 2. The summed E-state index contributed by atoms with van der Waals surface area (Å²) in [5.41, 5.74) is 0.641. The highest BCUT2D eigenvalue weighted by Crippen LogP contribution is 2.23. The fourth-order valence-corrected chi connectivity index (χ4v) is 2.69. The first-order valence-electron chi connectivity index (χ1n) is 6.97. The number of benzene rings is 1. The topological polar surface area (TPSA) is 41.1 Å². The molecule has 2 N–H and O–H groups in total. The number of halogens is 1. The number of carbonyl (C=O) groups excluding carboxylic acids is 1. The van der Waals surface area contributed by atoms with Crippen molar-refractivity contribution in [3.05, 3.63) is 29.6 Å². The monoisotopic (exact) mass is 264 g/mol. The summed E-state index contributed by atoms with van der Waals surface area (Å²) in [4.78, 5) is 12.1. The van der Waals surface area contributed by atoms with Gasteiger partial charge >= 0.3 is 0 Å². The van der Waals surface area contributed by atoms with Gasteiger partial charge in [-0.3, -0.25) is 4.79 Å². The van der Waals surface area contributed by atoms with E-state index < -0.39 is 5.82 Å². The minimum atomic E-state index is -0.396. The molecule has 104 valence electrons. The predicted octanol–water partition coefficient (Wildman–Crippen LogP) is 3.18. The molecule has 0 aliphatic heterocycles. The lowest BCUT2D eigenvalue weighted by atomic mass is 9.89. The normalized spacial score (nSPS) is 16.1. The Kier molecular flexibility index (Phi) is 4.77. The molecule has 0 bridgehead atoms. The lowest BCUT2D eigenvalue weighted by molar-refractivity contribution is 0.0944. The Hall–Kier alpha value is -1.58. The van der Waals surface area contributed by atoms with Crippen LogP contribution in [0.15, 0.2) is 18.2 Å². The summed E-state index contributed by atoms with van der Waals surface area (Å²) in [6.07, 6.45) is 6.17. The second kappa shape index (κ2) is 6.55. The summed E-state index contributed by atoms with van der Waals surface area (Å²) < 4.78 is 13.6. The Morgan fingerprint density at radius 2 is 2.05 bits per heavy atom. The third kappa shape index (κ3) is 3.46. The Morgan fingerprint density at radius 1 is 1.32 bits per heavy atom. The van der Waals surface area contributed by atoms with Crippen molar-refractivity contribution in [1.82, 2.24) is 5.32 Å². The van der Waals surface area contributed by atoms with Crippen LogP contribution in [-0.2, 0) is 0 Å². The van der Waals surface area contributed by atoms with Crippen molar-refractivity contribution in [2.45, 2.75) is 32.1 Å². The fraction of sp³-hybridized carbons (Fsp3) is 0.533. The van der Waals surface area contributed by atoms with Crippen molar-refractivity contribution < 1.29 is 9.18 Å². The molecule has 1 aliphatic carbocycles. The summed E-state index contributed by atoms with van der Waals surface area (Å²) in [7, 11) is 1.62. The van der Waals surface area contributed by atoms with Crippen molar-refractivity contribution in [2.24, 2.45) is 5.92 Å². The highest BCUT2D eigenvalue weighted by molar-refractivity contribution is 5.99. The molecule has 3 nitrogen and oxygen atoms in total. The van der Waals surface area contributed by atoms with E-state index in [-0.39, 0.29) is 11.6 Å². The van der Waals surface area contributed by atoms with Gasteiger partial charge in [-0.25, -0.2) is 4.39 Å². The number of hydrogen-bond donors (Lipinski definition) is 2. The zero-order valence-corrected chi connectivity index (χ0v) is 11.3. The van der Waals surface area contributed by atoms with Crippen molar-refractivity contribution >= 4 is 11.6 Å². The first-order valence-corrected chi connectivity index (χ1v) is 6.97. The van der Waals surface area contributed by atoms with E-state index in [0.29, 0.717) is 18.0 Å². The van der Waals surface area contributed by atoms with Crippen molar-refractivity contribution in [3.63, 3.8) is 0 Å². The van der Waals surface area contributed by atoms with Crippen LogP contribution in [0.25, 0.3) is 0 Å². The minimum absolute atomic E-state index is 0.200. The van der Waals surface area contributed by atoms with E-state index in [1.807, 2.05) is 0 Å². The Bertz CT molecular complexity index is 442. The number of para-hydroxylation sites is 1. The highest BCUT2D eigenvalue weighted by Gasteiger charge is 2.17. The summed E-state index contributed by atoms with van der Waals surface area (Å²) in [5.74, 6) is -0.0217.